The summed E-state index contributed by atoms with van der Waals surface area (Å²) in [5, 5.41) is 15.2. The Kier molecular flexibility index (Phi) is 2.64. The molecule has 1 rings (SSSR count). The molecule has 0 saturated heterocycles. The third-order valence-electron chi connectivity index (χ3n) is 1.29. The maximum absolute atomic E-state index is 8.22. The van der Waals surface area contributed by atoms with Gasteiger partial charge in [0, 0.05) is 25.4 Å². The molecule has 1 N–H and O–H groups in total. The molecule has 0 amide bonds. The molecule has 4 heteroatoms. The molecular formula is C7H10N4. The van der Waals surface area contributed by atoms with Crippen molar-refractivity contribution in [2.75, 3.05) is 6.54 Å². The first-order chi connectivity index (χ1) is 5.33. The van der Waals surface area contributed by atoms with Crippen LogP contribution in [-0.2, 0) is 13.6 Å². The average Bonchev–Trinajstić information content (AvgIpc) is 2.37. The summed E-state index contributed by atoms with van der Waals surface area (Å²) < 4.78 is 1.74. The molecule has 0 unspecified atom stereocenters. The van der Waals surface area contributed by atoms with Crippen molar-refractivity contribution in [3.63, 3.8) is 0 Å². The quantitative estimate of drug-likeness (QED) is 0.488. The van der Waals surface area contributed by atoms with E-state index < -0.39 is 0 Å². The molecule has 0 aliphatic carbocycles. The summed E-state index contributed by atoms with van der Waals surface area (Å²) in [7, 11) is 1.87. The number of nitrogens with zero attached hydrogens (tertiary/aromatic N) is 3. The maximum Gasteiger partial charge on any atom is 0.0843 e. The van der Waals surface area contributed by atoms with Gasteiger partial charge in [-0.25, -0.2) is 0 Å². The molecule has 0 bridgehead atoms. The second-order valence-electron chi connectivity index (χ2n) is 2.28. The SMILES string of the molecule is Cn1cc(CNCC#N)cn1. The average molecular weight is 150 g/mol. The molecule has 0 aliphatic heterocycles. The predicted molar refractivity (Wildman–Crippen MR) is 40.5 cm³/mol. The Balaban J connectivity index is 2.34. The van der Waals surface area contributed by atoms with E-state index >= 15 is 0 Å². The first-order valence-electron chi connectivity index (χ1n) is 3.38. The zero-order valence-corrected chi connectivity index (χ0v) is 6.41. The third-order valence-corrected chi connectivity index (χ3v) is 1.29. The van der Waals surface area contributed by atoms with E-state index in [4.69, 9.17) is 5.26 Å². The van der Waals surface area contributed by atoms with Gasteiger partial charge in [0.05, 0.1) is 18.8 Å². The Bertz CT molecular complexity index is 258. The van der Waals surface area contributed by atoms with Crippen LogP contribution in [0.5, 0.6) is 0 Å². The molecule has 1 aromatic heterocycles. The molecule has 1 aromatic rings. The van der Waals surface area contributed by atoms with Gasteiger partial charge in [-0.1, -0.05) is 0 Å². The molecule has 0 aliphatic rings. The summed E-state index contributed by atoms with van der Waals surface area (Å²) in [6.07, 6.45) is 3.70. The van der Waals surface area contributed by atoms with Crippen molar-refractivity contribution in [2.24, 2.45) is 7.05 Å². The fourth-order valence-corrected chi connectivity index (χ4v) is 0.826. The Labute approximate surface area is 65.4 Å². The van der Waals surface area contributed by atoms with E-state index in [-0.39, 0.29) is 0 Å². The van der Waals surface area contributed by atoms with Crippen molar-refractivity contribution in [1.82, 2.24) is 15.1 Å². The van der Waals surface area contributed by atoms with Gasteiger partial charge in [0.2, 0.25) is 0 Å². The highest BCUT2D eigenvalue weighted by Crippen LogP contribution is 1.93. The van der Waals surface area contributed by atoms with E-state index in [1.165, 1.54) is 0 Å². The summed E-state index contributed by atoms with van der Waals surface area (Å²) >= 11 is 0. The number of rotatable bonds is 3. The highest BCUT2D eigenvalue weighted by atomic mass is 15.2. The lowest BCUT2D eigenvalue weighted by Gasteiger charge is -1.93. The van der Waals surface area contributed by atoms with Gasteiger partial charge in [0.15, 0.2) is 0 Å². The van der Waals surface area contributed by atoms with E-state index in [1.807, 2.05) is 19.3 Å². The summed E-state index contributed by atoms with van der Waals surface area (Å²) in [6, 6.07) is 2.01. The van der Waals surface area contributed by atoms with Crippen LogP contribution in [0.1, 0.15) is 5.56 Å². The molecule has 4 nitrogen and oxygen atoms in total. The van der Waals surface area contributed by atoms with Crippen LogP contribution < -0.4 is 5.32 Å². The monoisotopic (exact) mass is 150 g/mol. The maximum atomic E-state index is 8.22. The van der Waals surface area contributed by atoms with Crippen LogP contribution in [0.4, 0.5) is 0 Å². The third kappa shape index (κ3) is 2.40. The molecule has 1 heterocycles. The minimum atomic E-state index is 0.384. The largest absolute Gasteiger partial charge is 0.300 e. The van der Waals surface area contributed by atoms with E-state index in [2.05, 4.69) is 10.4 Å². The second kappa shape index (κ2) is 3.74. The highest BCUT2D eigenvalue weighted by Gasteiger charge is 1.93. The molecule has 11 heavy (non-hydrogen) atoms. The van der Waals surface area contributed by atoms with Gasteiger partial charge < -0.3 is 5.32 Å². The minimum Gasteiger partial charge on any atom is -0.300 e. The topological polar surface area (TPSA) is 53.6 Å². The fourth-order valence-electron chi connectivity index (χ4n) is 0.826. The summed E-state index contributed by atoms with van der Waals surface area (Å²) in [6.45, 7) is 1.09. The molecule has 0 fully saturated rings. The molecule has 58 valence electrons. The lowest BCUT2D eigenvalue weighted by atomic mass is 10.3. The fraction of sp³-hybridized carbons (Fsp3) is 0.429. The van der Waals surface area contributed by atoms with Gasteiger partial charge in [0.1, 0.15) is 0 Å². The molecule has 0 spiro atoms. The smallest absolute Gasteiger partial charge is 0.0843 e. The van der Waals surface area contributed by atoms with Crippen molar-refractivity contribution < 1.29 is 0 Å². The Morgan fingerprint density at radius 2 is 2.64 bits per heavy atom. The zero-order valence-electron chi connectivity index (χ0n) is 6.41. The van der Waals surface area contributed by atoms with Crippen LogP contribution in [-0.4, -0.2) is 16.3 Å². The van der Waals surface area contributed by atoms with Gasteiger partial charge in [-0.3, -0.25) is 4.68 Å². The Hall–Kier alpha value is -1.34. The molecule has 0 radical (unpaired) electrons. The van der Waals surface area contributed by atoms with Crippen LogP contribution >= 0.6 is 0 Å². The lowest BCUT2D eigenvalue weighted by molar-refractivity contribution is 0.753. The normalized spacial score (nSPS) is 9.45. The molecule has 0 atom stereocenters. The number of nitriles is 1. The number of hydrogen-bond acceptors (Lipinski definition) is 3. The zero-order chi connectivity index (χ0) is 8.10. The number of aryl methyl sites for hydroxylation is 1. The lowest BCUT2D eigenvalue weighted by Crippen LogP contribution is -2.12. The minimum absolute atomic E-state index is 0.384. The Morgan fingerprint density at radius 3 is 3.18 bits per heavy atom. The molecule has 0 aromatic carbocycles. The van der Waals surface area contributed by atoms with Gasteiger partial charge in [-0.05, 0) is 0 Å². The van der Waals surface area contributed by atoms with Crippen LogP contribution in [0.3, 0.4) is 0 Å². The molecule has 0 saturated carbocycles. The van der Waals surface area contributed by atoms with Crippen molar-refractivity contribution in [3.8, 4) is 6.07 Å². The van der Waals surface area contributed by atoms with Gasteiger partial charge >= 0.3 is 0 Å². The van der Waals surface area contributed by atoms with Crippen LogP contribution in [0.25, 0.3) is 0 Å². The van der Waals surface area contributed by atoms with E-state index in [0.717, 1.165) is 5.56 Å². The van der Waals surface area contributed by atoms with E-state index in [9.17, 15) is 0 Å². The summed E-state index contributed by atoms with van der Waals surface area (Å²) in [4.78, 5) is 0. The van der Waals surface area contributed by atoms with Crippen molar-refractivity contribution >= 4 is 0 Å². The summed E-state index contributed by atoms with van der Waals surface area (Å²) in [5.41, 5.74) is 1.10. The van der Waals surface area contributed by atoms with Crippen LogP contribution in [0, 0.1) is 11.3 Å². The van der Waals surface area contributed by atoms with Crippen LogP contribution in [0.2, 0.25) is 0 Å². The van der Waals surface area contributed by atoms with Crippen molar-refractivity contribution in [3.05, 3.63) is 18.0 Å². The van der Waals surface area contributed by atoms with Gasteiger partial charge in [-0.2, -0.15) is 10.4 Å². The first kappa shape index (κ1) is 7.76. The van der Waals surface area contributed by atoms with E-state index in [1.54, 1.807) is 10.9 Å². The predicted octanol–water partition coefficient (Wildman–Crippen LogP) is 0.0333. The van der Waals surface area contributed by atoms with Crippen molar-refractivity contribution in [2.45, 2.75) is 6.54 Å². The molecular weight excluding hydrogens is 140 g/mol. The standard InChI is InChI=1S/C7H10N4/c1-11-6-7(5-10-11)4-9-3-2-8/h5-6,9H,3-4H2,1H3. The number of nitrogens with one attached hydrogen (secondary N) is 1. The second-order valence-corrected chi connectivity index (χ2v) is 2.28. The highest BCUT2D eigenvalue weighted by molar-refractivity contribution is 5.03. The number of hydrogen-bond donors (Lipinski definition) is 1. The van der Waals surface area contributed by atoms with Gasteiger partial charge in [0.25, 0.3) is 0 Å². The Morgan fingerprint density at radius 1 is 1.82 bits per heavy atom. The van der Waals surface area contributed by atoms with Crippen molar-refractivity contribution in [1.29, 1.82) is 5.26 Å². The van der Waals surface area contributed by atoms with E-state index in [0.29, 0.717) is 13.1 Å². The number of aromatic nitrogens is 2. The first-order valence-corrected chi connectivity index (χ1v) is 3.38. The van der Waals surface area contributed by atoms with Gasteiger partial charge in [-0.15, -0.1) is 0 Å². The summed E-state index contributed by atoms with van der Waals surface area (Å²) in [5.74, 6) is 0. The van der Waals surface area contributed by atoms with Crippen LogP contribution in [0.15, 0.2) is 12.4 Å².